The topological polar surface area (TPSA) is 78.3 Å². The van der Waals surface area contributed by atoms with E-state index in [1.54, 1.807) is 0 Å². The zero-order valence-corrected chi connectivity index (χ0v) is 10.3. The minimum Gasteiger partial charge on any atom is -0.465 e. The van der Waals surface area contributed by atoms with E-state index in [4.69, 9.17) is 10.3 Å². The smallest absolute Gasteiger partial charge is 0.326 e. The Morgan fingerprint density at radius 3 is 2.94 bits per heavy atom. The third-order valence-corrected chi connectivity index (χ3v) is 4.18. The van der Waals surface area contributed by atoms with Crippen molar-refractivity contribution in [1.82, 2.24) is 4.90 Å². The normalized spacial score (nSPS) is 36.4. The van der Waals surface area contributed by atoms with E-state index >= 15 is 0 Å². The number of ether oxygens (including phenoxy) is 1. The van der Waals surface area contributed by atoms with E-state index in [1.165, 1.54) is 0 Å². The largest absolute Gasteiger partial charge is 0.465 e. The molecule has 6 nitrogen and oxygen atoms in total. The Balaban J connectivity index is 2.20. The fourth-order valence-electron chi connectivity index (χ4n) is 3.22. The molecule has 0 saturated carbocycles. The number of azide groups is 1. The summed E-state index contributed by atoms with van der Waals surface area (Å²) in [5, 5.41) is 3.84. The molecule has 0 aromatic carbocycles. The predicted molar refractivity (Wildman–Crippen MR) is 62.3 cm³/mol. The molecule has 17 heavy (non-hydrogen) atoms. The van der Waals surface area contributed by atoms with Crippen LogP contribution in [0.15, 0.2) is 5.11 Å². The first kappa shape index (κ1) is 12.2. The van der Waals surface area contributed by atoms with Gasteiger partial charge in [0.15, 0.2) is 0 Å². The van der Waals surface area contributed by atoms with Gasteiger partial charge >= 0.3 is 5.97 Å². The van der Waals surface area contributed by atoms with E-state index in [-0.39, 0.29) is 18.1 Å². The van der Waals surface area contributed by atoms with Crippen molar-refractivity contribution in [2.24, 2.45) is 5.11 Å². The van der Waals surface area contributed by atoms with E-state index in [0.29, 0.717) is 6.61 Å². The van der Waals surface area contributed by atoms with Crippen LogP contribution in [-0.2, 0) is 9.53 Å². The molecule has 0 spiro atoms. The van der Waals surface area contributed by atoms with Gasteiger partial charge in [-0.05, 0) is 45.2 Å². The van der Waals surface area contributed by atoms with Crippen molar-refractivity contribution in [3.63, 3.8) is 0 Å². The molecule has 2 heterocycles. The molecule has 94 valence electrons. The molecule has 0 aliphatic carbocycles. The summed E-state index contributed by atoms with van der Waals surface area (Å²) < 4.78 is 5.18. The number of carbonyl (C=O) groups excluding carboxylic acids is 1. The lowest BCUT2D eigenvalue weighted by molar-refractivity contribution is -0.158. The molecule has 2 fully saturated rings. The zero-order valence-electron chi connectivity index (χ0n) is 10.3. The van der Waals surface area contributed by atoms with Crippen LogP contribution in [0.1, 0.15) is 32.6 Å². The standard InChI is InChI=1S/C11H18N4O2/c1-3-17-10(16)11-6-4-8(13-14-12)9(5-7-11)15(11)2/h8-9H,3-7H2,1-2H3/t8-,9?,11?/m0/s1. The second-order valence-corrected chi connectivity index (χ2v) is 4.78. The molecule has 2 unspecified atom stereocenters. The van der Waals surface area contributed by atoms with Crippen molar-refractivity contribution in [1.29, 1.82) is 0 Å². The van der Waals surface area contributed by atoms with E-state index in [0.717, 1.165) is 25.7 Å². The average Bonchev–Trinajstić information content (AvgIpc) is 2.53. The highest BCUT2D eigenvalue weighted by molar-refractivity contribution is 5.81. The third kappa shape index (κ3) is 1.77. The number of likely N-dealkylation sites (N-methyl/N-ethyl adjacent to an activating group) is 1. The van der Waals surface area contributed by atoms with Gasteiger partial charge in [0.05, 0.1) is 12.6 Å². The maximum Gasteiger partial charge on any atom is 0.326 e. The van der Waals surface area contributed by atoms with Crippen molar-refractivity contribution in [3.8, 4) is 0 Å². The number of nitrogens with zero attached hydrogens (tertiary/aromatic N) is 4. The van der Waals surface area contributed by atoms with Gasteiger partial charge in [-0.2, -0.15) is 0 Å². The van der Waals surface area contributed by atoms with Crippen molar-refractivity contribution in [2.75, 3.05) is 13.7 Å². The quantitative estimate of drug-likeness (QED) is 0.326. The average molecular weight is 238 g/mol. The summed E-state index contributed by atoms with van der Waals surface area (Å²) in [7, 11) is 1.94. The van der Waals surface area contributed by atoms with Crippen molar-refractivity contribution >= 4 is 5.97 Å². The first-order chi connectivity index (χ1) is 8.15. The Morgan fingerprint density at radius 1 is 1.59 bits per heavy atom. The number of fused-ring (bicyclic) bond motifs is 2. The summed E-state index contributed by atoms with van der Waals surface area (Å²) in [6.07, 6.45) is 3.21. The van der Waals surface area contributed by atoms with Gasteiger partial charge in [-0.25, -0.2) is 0 Å². The SMILES string of the molecule is CCOC(=O)C12CCC([C@@H](N=[N+]=[N-])CC1)N2C. The number of piperidine rings is 1. The van der Waals surface area contributed by atoms with Crippen molar-refractivity contribution in [3.05, 3.63) is 10.4 Å². The maximum absolute atomic E-state index is 12.1. The van der Waals surface area contributed by atoms with Gasteiger partial charge in [-0.3, -0.25) is 9.69 Å². The summed E-state index contributed by atoms with van der Waals surface area (Å²) in [6, 6.07) is 0.180. The molecule has 2 rings (SSSR count). The lowest BCUT2D eigenvalue weighted by atomic mass is 9.87. The molecule has 3 atom stereocenters. The first-order valence-electron chi connectivity index (χ1n) is 6.10. The summed E-state index contributed by atoms with van der Waals surface area (Å²) in [5.41, 5.74) is 8.07. The van der Waals surface area contributed by atoms with Crippen molar-refractivity contribution in [2.45, 2.75) is 50.2 Å². The second-order valence-electron chi connectivity index (χ2n) is 4.78. The lowest BCUT2D eigenvalue weighted by Crippen LogP contribution is -2.57. The minimum absolute atomic E-state index is 0.00458. The van der Waals surface area contributed by atoms with Crippen LogP contribution in [0.4, 0.5) is 0 Å². The van der Waals surface area contributed by atoms with Crippen LogP contribution in [0.2, 0.25) is 0 Å². The summed E-state index contributed by atoms with van der Waals surface area (Å²) >= 11 is 0. The fraction of sp³-hybridized carbons (Fsp3) is 0.909. The highest BCUT2D eigenvalue weighted by Gasteiger charge is 2.55. The van der Waals surface area contributed by atoms with Crippen LogP contribution in [-0.4, -0.2) is 42.1 Å². The Bertz CT molecular complexity index is 366. The Labute approximate surface area is 101 Å². The van der Waals surface area contributed by atoms with E-state index < -0.39 is 5.54 Å². The van der Waals surface area contributed by atoms with Gasteiger partial charge < -0.3 is 4.74 Å². The molecular weight excluding hydrogens is 220 g/mol. The van der Waals surface area contributed by atoms with Gasteiger partial charge in [0.2, 0.25) is 0 Å². The monoisotopic (exact) mass is 238 g/mol. The van der Waals surface area contributed by atoms with E-state index in [2.05, 4.69) is 14.9 Å². The Kier molecular flexibility index (Phi) is 3.26. The predicted octanol–water partition coefficient (Wildman–Crippen LogP) is 1.86. The maximum atomic E-state index is 12.1. The van der Waals surface area contributed by atoms with Crippen LogP contribution in [0, 0.1) is 0 Å². The highest BCUT2D eigenvalue weighted by Crippen LogP contribution is 2.44. The Morgan fingerprint density at radius 2 is 2.29 bits per heavy atom. The van der Waals surface area contributed by atoms with Gasteiger partial charge in [0, 0.05) is 11.0 Å². The molecule has 2 bridgehead atoms. The number of hydrogen-bond acceptors (Lipinski definition) is 4. The summed E-state index contributed by atoms with van der Waals surface area (Å²) in [4.78, 5) is 17.0. The van der Waals surface area contributed by atoms with E-state index in [1.807, 2.05) is 14.0 Å². The number of carbonyl (C=O) groups is 1. The van der Waals surface area contributed by atoms with Gasteiger partial charge in [0.1, 0.15) is 5.54 Å². The lowest BCUT2D eigenvalue weighted by Gasteiger charge is -2.42. The molecule has 6 heteroatoms. The van der Waals surface area contributed by atoms with Crippen LogP contribution in [0.5, 0.6) is 0 Å². The van der Waals surface area contributed by atoms with Gasteiger partial charge in [-0.15, -0.1) is 0 Å². The molecule has 2 aliphatic rings. The minimum atomic E-state index is -0.470. The third-order valence-electron chi connectivity index (χ3n) is 4.18. The second kappa shape index (κ2) is 4.55. The molecule has 0 amide bonds. The molecular formula is C11H18N4O2. The summed E-state index contributed by atoms with van der Waals surface area (Å²) in [6.45, 7) is 2.24. The number of hydrogen-bond donors (Lipinski definition) is 0. The Hall–Kier alpha value is -1.26. The van der Waals surface area contributed by atoms with Crippen LogP contribution in [0.25, 0.3) is 10.4 Å². The molecule has 0 N–H and O–H groups in total. The molecule has 2 saturated heterocycles. The molecule has 0 radical (unpaired) electrons. The van der Waals surface area contributed by atoms with Crippen LogP contribution in [0.3, 0.4) is 0 Å². The van der Waals surface area contributed by atoms with Gasteiger partial charge in [0.25, 0.3) is 0 Å². The van der Waals surface area contributed by atoms with E-state index in [9.17, 15) is 4.79 Å². The first-order valence-corrected chi connectivity index (χ1v) is 6.10. The molecule has 0 aromatic heterocycles. The van der Waals surface area contributed by atoms with Crippen LogP contribution < -0.4 is 0 Å². The zero-order chi connectivity index (χ0) is 12.5. The summed E-state index contributed by atoms with van der Waals surface area (Å²) in [5.74, 6) is -0.121. The number of esters is 1. The van der Waals surface area contributed by atoms with Gasteiger partial charge in [-0.1, -0.05) is 5.11 Å². The highest BCUT2D eigenvalue weighted by atomic mass is 16.5. The molecule has 2 aliphatic heterocycles. The number of rotatable bonds is 3. The molecule has 0 aromatic rings. The fourth-order valence-corrected chi connectivity index (χ4v) is 3.22. The van der Waals surface area contributed by atoms with Crippen molar-refractivity contribution < 1.29 is 9.53 Å². The van der Waals surface area contributed by atoms with Crippen LogP contribution >= 0.6 is 0 Å².